The maximum absolute atomic E-state index is 13.8. The summed E-state index contributed by atoms with van der Waals surface area (Å²) < 4.78 is 13.8. The van der Waals surface area contributed by atoms with Crippen LogP contribution in [0.4, 0.5) is 10.1 Å². The molecular weight excluding hydrogens is 229 g/mol. The molecule has 0 bridgehead atoms. The minimum atomic E-state index is -0.785. The monoisotopic (exact) mass is 253 g/mol. The molecule has 0 heterocycles. The summed E-state index contributed by atoms with van der Waals surface area (Å²) in [6, 6.07) is 5.00. The zero-order valence-electron chi connectivity index (χ0n) is 11.8. The van der Waals surface area contributed by atoms with E-state index in [4.69, 9.17) is 0 Å². The minimum absolute atomic E-state index is 0.329. The van der Waals surface area contributed by atoms with Crippen LogP contribution in [0, 0.1) is 11.7 Å². The number of benzene rings is 1. The first kappa shape index (κ1) is 15.0. The van der Waals surface area contributed by atoms with Crippen LogP contribution in [-0.4, -0.2) is 18.2 Å². The molecule has 1 aromatic rings. The highest BCUT2D eigenvalue weighted by Gasteiger charge is 2.18. The third kappa shape index (κ3) is 3.45. The highest BCUT2D eigenvalue weighted by molar-refractivity contribution is 5.55. The maximum atomic E-state index is 13.8. The van der Waals surface area contributed by atoms with Crippen LogP contribution >= 0.6 is 0 Å². The van der Waals surface area contributed by atoms with Gasteiger partial charge in [-0.15, -0.1) is 0 Å². The van der Waals surface area contributed by atoms with Gasteiger partial charge in [0, 0.05) is 24.3 Å². The fraction of sp³-hybridized carbons (Fsp3) is 0.600. The summed E-state index contributed by atoms with van der Waals surface area (Å²) in [6.45, 7) is 9.70. The first-order valence-electron chi connectivity index (χ1n) is 6.72. The lowest BCUT2D eigenvalue weighted by Gasteiger charge is -2.29. The number of rotatable bonds is 6. The Kier molecular flexibility index (Phi) is 5.60. The van der Waals surface area contributed by atoms with E-state index in [0.717, 1.165) is 25.2 Å². The maximum Gasteiger partial charge on any atom is 0.131 e. The van der Waals surface area contributed by atoms with Crippen molar-refractivity contribution in [2.45, 2.75) is 40.2 Å². The Balaban J connectivity index is 3.09. The number of nitrogens with zero attached hydrogens (tertiary/aromatic N) is 1. The second-order valence-corrected chi connectivity index (χ2v) is 4.90. The molecule has 0 radical (unpaired) electrons. The Bertz CT molecular complexity index is 379. The number of aliphatic hydroxyl groups is 1. The van der Waals surface area contributed by atoms with Gasteiger partial charge in [-0.1, -0.05) is 26.3 Å². The second kappa shape index (κ2) is 6.74. The predicted molar refractivity (Wildman–Crippen MR) is 74.4 cm³/mol. The van der Waals surface area contributed by atoms with E-state index < -0.39 is 6.10 Å². The third-order valence-corrected chi connectivity index (χ3v) is 3.40. The Morgan fingerprint density at radius 2 is 1.94 bits per heavy atom. The zero-order chi connectivity index (χ0) is 13.7. The molecule has 0 saturated carbocycles. The van der Waals surface area contributed by atoms with Gasteiger partial charge in [-0.25, -0.2) is 4.39 Å². The largest absolute Gasteiger partial charge is 0.389 e. The number of hydrogen-bond donors (Lipinski definition) is 1. The van der Waals surface area contributed by atoms with Gasteiger partial charge in [-0.2, -0.15) is 0 Å². The molecule has 0 spiro atoms. The highest BCUT2D eigenvalue weighted by atomic mass is 19.1. The lowest BCUT2D eigenvalue weighted by molar-refractivity contribution is 0.194. The van der Waals surface area contributed by atoms with Crippen molar-refractivity contribution < 1.29 is 9.50 Å². The zero-order valence-corrected chi connectivity index (χ0v) is 11.8. The van der Waals surface area contributed by atoms with E-state index in [0.29, 0.717) is 11.5 Å². The van der Waals surface area contributed by atoms with E-state index in [9.17, 15) is 9.50 Å². The molecule has 0 aromatic heterocycles. The van der Waals surface area contributed by atoms with Crippen LogP contribution in [0.3, 0.4) is 0 Å². The van der Waals surface area contributed by atoms with Gasteiger partial charge in [0.25, 0.3) is 0 Å². The summed E-state index contributed by atoms with van der Waals surface area (Å²) in [7, 11) is 0. The van der Waals surface area contributed by atoms with E-state index in [1.165, 1.54) is 6.07 Å². The van der Waals surface area contributed by atoms with Crippen LogP contribution in [0.25, 0.3) is 0 Å². The standard InChI is InChI=1S/C15H24FNO/c1-5-11(3)10-17(6-2)14-9-7-8-13(16)15(14)12(4)18/h7-9,11-12,18H,5-6,10H2,1-4H3/t11?,12-/m0/s1. The summed E-state index contributed by atoms with van der Waals surface area (Å²) in [6.07, 6.45) is 0.308. The van der Waals surface area contributed by atoms with E-state index >= 15 is 0 Å². The van der Waals surface area contributed by atoms with Crippen molar-refractivity contribution in [3.8, 4) is 0 Å². The Morgan fingerprint density at radius 3 is 2.44 bits per heavy atom. The first-order chi connectivity index (χ1) is 8.51. The van der Waals surface area contributed by atoms with E-state index in [-0.39, 0.29) is 5.82 Å². The predicted octanol–water partition coefficient (Wildman–Crippen LogP) is 3.75. The van der Waals surface area contributed by atoms with Gasteiger partial charge < -0.3 is 10.0 Å². The molecule has 0 amide bonds. The smallest absolute Gasteiger partial charge is 0.131 e. The van der Waals surface area contributed by atoms with Crippen molar-refractivity contribution in [2.75, 3.05) is 18.0 Å². The van der Waals surface area contributed by atoms with Gasteiger partial charge in [0.1, 0.15) is 5.82 Å². The molecule has 2 atom stereocenters. The Morgan fingerprint density at radius 1 is 1.28 bits per heavy atom. The van der Waals surface area contributed by atoms with Gasteiger partial charge >= 0.3 is 0 Å². The second-order valence-electron chi connectivity index (χ2n) is 4.90. The van der Waals surface area contributed by atoms with Crippen molar-refractivity contribution in [1.29, 1.82) is 0 Å². The SMILES string of the molecule is CCC(C)CN(CC)c1cccc(F)c1[C@H](C)O. The number of hydrogen-bond acceptors (Lipinski definition) is 2. The first-order valence-corrected chi connectivity index (χ1v) is 6.72. The molecule has 1 rings (SSSR count). The van der Waals surface area contributed by atoms with Gasteiger partial charge in [0.2, 0.25) is 0 Å². The normalized spacial score (nSPS) is 14.3. The van der Waals surface area contributed by atoms with Crippen molar-refractivity contribution >= 4 is 5.69 Å². The fourth-order valence-corrected chi connectivity index (χ4v) is 2.12. The van der Waals surface area contributed by atoms with Gasteiger partial charge in [-0.05, 0) is 31.9 Å². The summed E-state index contributed by atoms with van der Waals surface area (Å²) in [5, 5.41) is 9.75. The van der Waals surface area contributed by atoms with Gasteiger partial charge in [0.15, 0.2) is 0 Å². The molecule has 3 heteroatoms. The Hall–Kier alpha value is -1.09. The van der Waals surface area contributed by atoms with Crippen LogP contribution in [0.15, 0.2) is 18.2 Å². The average Bonchev–Trinajstić information content (AvgIpc) is 2.34. The fourth-order valence-electron chi connectivity index (χ4n) is 2.12. The molecule has 0 aliphatic rings. The van der Waals surface area contributed by atoms with E-state index in [1.54, 1.807) is 13.0 Å². The molecule has 1 aromatic carbocycles. The highest BCUT2D eigenvalue weighted by Crippen LogP contribution is 2.29. The lowest BCUT2D eigenvalue weighted by atomic mass is 10.0. The molecule has 102 valence electrons. The van der Waals surface area contributed by atoms with Crippen LogP contribution in [0.1, 0.15) is 45.8 Å². The molecule has 1 N–H and O–H groups in total. The van der Waals surface area contributed by atoms with Crippen LogP contribution in [0.5, 0.6) is 0 Å². The van der Waals surface area contributed by atoms with E-state index in [2.05, 4.69) is 25.7 Å². The quantitative estimate of drug-likeness (QED) is 0.834. The van der Waals surface area contributed by atoms with Crippen LogP contribution in [-0.2, 0) is 0 Å². The molecular formula is C15H24FNO. The number of halogens is 1. The minimum Gasteiger partial charge on any atom is -0.389 e. The average molecular weight is 253 g/mol. The van der Waals surface area contributed by atoms with E-state index in [1.807, 2.05) is 6.07 Å². The van der Waals surface area contributed by atoms with Crippen molar-refractivity contribution in [3.05, 3.63) is 29.6 Å². The molecule has 0 aliphatic carbocycles. The van der Waals surface area contributed by atoms with Gasteiger partial charge in [-0.3, -0.25) is 0 Å². The van der Waals surface area contributed by atoms with Crippen LogP contribution in [0.2, 0.25) is 0 Å². The number of aliphatic hydroxyl groups excluding tert-OH is 1. The van der Waals surface area contributed by atoms with Crippen molar-refractivity contribution in [3.63, 3.8) is 0 Å². The summed E-state index contributed by atoms with van der Waals surface area (Å²) >= 11 is 0. The summed E-state index contributed by atoms with van der Waals surface area (Å²) in [4.78, 5) is 2.14. The lowest BCUT2D eigenvalue weighted by Crippen LogP contribution is -2.29. The summed E-state index contributed by atoms with van der Waals surface area (Å²) in [5.74, 6) is 0.222. The molecule has 1 unspecified atom stereocenters. The molecule has 0 aliphatic heterocycles. The molecule has 0 fully saturated rings. The summed E-state index contributed by atoms with van der Waals surface area (Å²) in [5.41, 5.74) is 1.22. The Labute approximate surface area is 109 Å². The number of anilines is 1. The van der Waals surface area contributed by atoms with Crippen molar-refractivity contribution in [1.82, 2.24) is 0 Å². The van der Waals surface area contributed by atoms with Crippen molar-refractivity contribution in [2.24, 2.45) is 5.92 Å². The molecule has 2 nitrogen and oxygen atoms in total. The molecule has 18 heavy (non-hydrogen) atoms. The molecule has 0 saturated heterocycles. The topological polar surface area (TPSA) is 23.5 Å². The van der Waals surface area contributed by atoms with Gasteiger partial charge in [0.05, 0.1) is 6.10 Å². The third-order valence-electron chi connectivity index (χ3n) is 3.40. The van der Waals surface area contributed by atoms with Crippen LogP contribution < -0.4 is 4.90 Å².